The molecule has 0 saturated carbocycles. The first-order valence-corrected chi connectivity index (χ1v) is 4.66. The minimum Gasteiger partial charge on any atom is -0.371 e. The van der Waals surface area contributed by atoms with Crippen LogP contribution in [0.1, 0.15) is 18.9 Å². The molecule has 0 bridgehead atoms. The molecule has 14 heavy (non-hydrogen) atoms. The van der Waals surface area contributed by atoms with Crippen LogP contribution in [0.4, 0.5) is 10.1 Å². The average molecular weight is 191 g/mol. The smallest absolute Gasteiger partial charge is 0.125 e. The normalized spacial score (nSPS) is 11.9. The van der Waals surface area contributed by atoms with E-state index in [2.05, 4.69) is 11.2 Å². The van der Waals surface area contributed by atoms with Gasteiger partial charge >= 0.3 is 0 Å². The van der Waals surface area contributed by atoms with Gasteiger partial charge in [-0.1, -0.05) is 18.9 Å². The van der Waals surface area contributed by atoms with Crippen LogP contribution in [0.5, 0.6) is 0 Å². The van der Waals surface area contributed by atoms with E-state index >= 15 is 0 Å². The van der Waals surface area contributed by atoms with Crippen molar-refractivity contribution in [2.45, 2.75) is 26.3 Å². The van der Waals surface area contributed by atoms with Gasteiger partial charge in [0.1, 0.15) is 5.82 Å². The monoisotopic (exact) mass is 191 g/mol. The number of hydrogen-bond acceptors (Lipinski definition) is 1. The first kappa shape index (κ1) is 10.6. The summed E-state index contributed by atoms with van der Waals surface area (Å²) in [4.78, 5) is 0. The molecule has 0 saturated heterocycles. The van der Waals surface area contributed by atoms with Crippen molar-refractivity contribution in [2.75, 3.05) is 5.32 Å². The van der Waals surface area contributed by atoms with Crippen LogP contribution in [0.25, 0.3) is 0 Å². The maximum atomic E-state index is 12.9. The van der Waals surface area contributed by atoms with Crippen LogP contribution < -0.4 is 5.32 Å². The molecule has 1 nitrogen and oxygen atoms in total. The summed E-state index contributed by atoms with van der Waals surface area (Å²) in [6.07, 6.45) is 6.14. The molecule has 1 atom stereocenters. The summed E-state index contributed by atoms with van der Waals surface area (Å²) in [5, 5.41) is 3.11. The van der Waals surface area contributed by atoms with Crippen LogP contribution in [0.15, 0.2) is 18.2 Å². The van der Waals surface area contributed by atoms with Gasteiger partial charge in [-0.3, -0.25) is 0 Å². The summed E-state index contributed by atoms with van der Waals surface area (Å²) in [5.74, 6) is 2.37. The van der Waals surface area contributed by atoms with Gasteiger partial charge in [0.2, 0.25) is 0 Å². The Labute approximate surface area is 84.3 Å². The van der Waals surface area contributed by atoms with E-state index in [9.17, 15) is 4.39 Å². The van der Waals surface area contributed by atoms with Crippen molar-refractivity contribution in [2.24, 2.45) is 0 Å². The van der Waals surface area contributed by atoms with E-state index in [0.29, 0.717) is 0 Å². The lowest BCUT2D eigenvalue weighted by atomic mass is 10.1. The van der Waals surface area contributed by atoms with Gasteiger partial charge in [-0.05, 0) is 31.0 Å². The zero-order valence-electron chi connectivity index (χ0n) is 8.47. The van der Waals surface area contributed by atoms with Crippen LogP contribution in [-0.2, 0) is 0 Å². The second-order valence-corrected chi connectivity index (χ2v) is 3.23. The molecule has 1 N–H and O–H groups in total. The molecule has 1 aromatic carbocycles. The summed E-state index contributed by atoms with van der Waals surface area (Å²) >= 11 is 0. The van der Waals surface area contributed by atoms with E-state index in [-0.39, 0.29) is 11.9 Å². The van der Waals surface area contributed by atoms with Crippen molar-refractivity contribution in [1.29, 1.82) is 0 Å². The standard InChI is InChI=1S/C12H14FN/c1-4-11(5-2)14-12-8-10(13)7-6-9(12)3/h1,6-8,11,14H,5H2,2-3H3. The summed E-state index contributed by atoms with van der Waals surface area (Å²) in [6.45, 7) is 3.91. The third kappa shape index (κ3) is 2.50. The van der Waals surface area contributed by atoms with Gasteiger partial charge < -0.3 is 5.32 Å². The quantitative estimate of drug-likeness (QED) is 0.724. The molecule has 0 amide bonds. The molecule has 0 aliphatic heterocycles. The Morgan fingerprint density at radius 1 is 1.57 bits per heavy atom. The lowest BCUT2D eigenvalue weighted by Gasteiger charge is -2.14. The lowest BCUT2D eigenvalue weighted by Crippen LogP contribution is -2.16. The molecule has 74 valence electrons. The van der Waals surface area contributed by atoms with Crippen molar-refractivity contribution in [3.63, 3.8) is 0 Å². The summed E-state index contributed by atoms with van der Waals surface area (Å²) in [6, 6.07) is 4.61. The Morgan fingerprint density at radius 2 is 2.29 bits per heavy atom. The molecule has 1 unspecified atom stereocenters. The highest BCUT2D eigenvalue weighted by Gasteiger charge is 2.04. The Hall–Kier alpha value is -1.49. The molecule has 0 fully saturated rings. The predicted octanol–water partition coefficient (Wildman–Crippen LogP) is 2.96. The van der Waals surface area contributed by atoms with E-state index in [0.717, 1.165) is 17.7 Å². The summed E-state index contributed by atoms with van der Waals surface area (Å²) < 4.78 is 12.9. The predicted molar refractivity (Wildman–Crippen MR) is 57.7 cm³/mol. The summed E-state index contributed by atoms with van der Waals surface area (Å²) in [5.41, 5.74) is 1.77. The van der Waals surface area contributed by atoms with Crippen LogP contribution in [0.2, 0.25) is 0 Å². The van der Waals surface area contributed by atoms with E-state index in [4.69, 9.17) is 6.42 Å². The highest BCUT2D eigenvalue weighted by molar-refractivity contribution is 5.52. The van der Waals surface area contributed by atoms with Gasteiger partial charge in [0, 0.05) is 5.69 Å². The van der Waals surface area contributed by atoms with Crippen molar-refractivity contribution in [1.82, 2.24) is 0 Å². The van der Waals surface area contributed by atoms with Crippen LogP contribution >= 0.6 is 0 Å². The fourth-order valence-electron chi connectivity index (χ4n) is 1.20. The maximum Gasteiger partial charge on any atom is 0.125 e. The van der Waals surface area contributed by atoms with Gasteiger partial charge in [0.25, 0.3) is 0 Å². The van der Waals surface area contributed by atoms with Gasteiger partial charge in [0.15, 0.2) is 0 Å². The number of hydrogen-bond donors (Lipinski definition) is 1. The molecule has 1 rings (SSSR count). The molecule has 0 spiro atoms. The second kappa shape index (κ2) is 4.66. The zero-order valence-corrected chi connectivity index (χ0v) is 8.47. The highest BCUT2D eigenvalue weighted by Crippen LogP contribution is 2.17. The molecular weight excluding hydrogens is 177 g/mol. The topological polar surface area (TPSA) is 12.0 Å². The number of nitrogens with one attached hydrogen (secondary N) is 1. The highest BCUT2D eigenvalue weighted by atomic mass is 19.1. The maximum absolute atomic E-state index is 12.9. The average Bonchev–Trinajstić information content (AvgIpc) is 2.19. The van der Waals surface area contributed by atoms with Crippen molar-refractivity contribution in [3.8, 4) is 12.3 Å². The molecule has 1 aromatic rings. The second-order valence-electron chi connectivity index (χ2n) is 3.23. The molecule has 0 aliphatic carbocycles. The van der Waals surface area contributed by atoms with Gasteiger partial charge in [-0.2, -0.15) is 0 Å². The largest absolute Gasteiger partial charge is 0.371 e. The van der Waals surface area contributed by atoms with Gasteiger partial charge in [0.05, 0.1) is 6.04 Å². The molecule has 0 radical (unpaired) electrons. The number of benzene rings is 1. The first-order valence-electron chi connectivity index (χ1n) is 4.66. The van der Waals surface area contributed by atoms with Crippen molar-refractivity contribution < 1.29 is 4.39 Å². The Morgan fingerprint density at radius 3 is 2.86 bits per heavy atom. The van der Waals surface area contributed by atoms with Crippen molar-refractivity contribution >= 4 is 5.69 Å². The molecule has 0 aliphatic rings. The van der Waals surface area contributed by atoms with Gasteiger partial charge in [-0.25, -0.2) is 4.39 Å². The minimum absolute atomic E-state index is 0.0319. The SMILES string of the molecule is C#CC(CC)Nc1cc(F)ccc1C. The zero-order chi connectivity index (χ0) is 10.6. The molecule has 0 heterocycles. The third-order valence-corrected chi connectivity index (χ3v) is 2.14. The Balaban J connectivity index is 2.86. The molecule has 0 aromatic heterocycles. The van der Waals surface area contributed by atoms with Crippen LogP contribution in [0.3, 0.4) is 0 Å². The van der Waals surface area contributed by atoms with E-state index in [1.165, 1.54) is 12.1 Å². The van der Waals surface area contributed by atoms with Gasteiger partial charge in [-0.15, -0.1) is 6.42 Å². The molecule has 2 heteroatoms. The lowest BCUT2D eigenvalue weighted by molar-refractivity contribution is 0.627. The van der Waals surface area contributed by atoms with Crippen LogP contribution in [-0.4, -0.2) is 6.04 Å². The minimum atomic E-state index is -0.245. The number of aryl methyl sites for hydroxylation is 1. The Bertz CT molecular complexity index is 352. The number of anilines is 1. The number of rotatable bonds is 3. The van der Waals surface area contributed by atoms with E-state index < -0.39 is 0 Å². The molecular formula is C12H14FN. The number of terminal acetylenes is 1. The van der Waals surface area contributed by atoms with Crippen LogP contribution in [0, 0.1) is 25.1 Å². The fourth-order valence-corrected chi connectivity index (χ4v) is 1.20. The number of halogens is 1. The van der Waals surface area contributed by atoms with E-state index in [1.54, 1.807) is 6.07 Å². The van der Waals surface area contributed by atoms with Crippen molar-refractivity contribution in [3.05, 3.63) is 29.6 Å². The Kier molecular flexibility index (Phi) is 3.53. The fraction of sp³-hybridized carbons (Fsp3) is 0.333. The summed E-state index contributed by atoms with van der Waals surface area (Å²) in [7, 11) is 0. The van der Waals surface area contributed by atoms with E-state index in [1.807, 2.05) is 13.8 Å². The third-order valence-electron chi connectivity index (χ3n) is 2.14. The first-order chi connectivity index (χ1) is 6.67.